The lowest BCUT2D eigenvalue weighted by atomic mass is 9.98. The minimum Gasteiger partial charge on any atom is -0.244 e. The first-order valence-electron chi connectivity index (χ1n) is 7.13. The number of fused-ring (bicyclic) bond motifs is 1. The number of halogens is 1. The maximum Gasteiger partial charge on any atom is 0.248 e. The molecular weight excluding hydrogens is 409 g/mol. The van der Waals surface area contributed by atoms with Crippen LogP contribution in [0.25, 0.3) is 10.9 Å². The molecule has 1 aliphatic carbocycles. The van der Waals surface area contributed by atoms with Crippen LogP contribution in [-0.2, 0) is 10.0 Å². The lowest BCUT2D eigenvalue weighted by molar-refractivity contribution is 0.554. The van der Waals surface area contributed by atoms with E-state index in [1.54, 1.807) is 13.1 Å². The second-order valence-electron chi connectivity index (χ2n) is 6.03. The van der Waals surface area contributed by atoms with Crippen molar-refractivity contribution in [2.75, 3.05) is 0 Å². The minimum atomic E-state index is -3.53. The highest BCUT2D eigenvalue weighted by molar-refractivity contribution is 14.1. The zero-order chi connectivity index (χ0) is 16.1. The molecule has 0 radical (unpaired) electrons. The molecule has 1 aromatic carbocycles. The number of nitrogens with zero attached hydrogens (tertiary/aromatic N) is 1. The van der Waals surface area contributed by atoms with Crippen molar-refractivity contribution in [3.8, 4) is 0 Å². The van der Waals surface area contributed by atoms with Crippen LogP contribution >= 0.6 is 22.6 Å². The molecule has 0 saturated carbocycles. The number of aryl methyl sites for hydroxylation is 1. The van der Waals surface area contributed by atoms with Gasteiger partial charge >= 0.3 is 0 Å². The second kappa shape index (κ2) is 5.23. The molecule has 0 aliphatic heterocycles. The Hall–Kier alpha value is -1.08. The van der Waals surface area contributed by atoms with Crippen molar-refractivity contribution in [2.24, 2.45) is 0 Å². The average molecular weight is 427 g/mol. The Morgan fingerprint density at radius 2 is 1.95 bits per heavy atom. The molecule has 3 rings (SSSR count). The molecule has 5 heteroatoms. The van der Waals surface area contributed by atoms with Gasteiger partial charge in [-0.15, -0.1) is 0 Å². The smallest absolute Gasteiger partial charge is 0.244 e. The Morgan fingerprint density at radius 3 is 2.64 bits per heavy atom. The first-order valence-corrected chi connectivity index (χ1v) is 9.65. The van der Waals surface area contributed by atoms with Crippen molar-refractivity contribution >= 4 is 43.5 Å². The molecule has 2 aromatic rings. The molecule has 1 aromatic heterocycles. The van der Waals surface area contributed by atoms with E-state index in [-0.39, 0.29) is 0 Å². The fraction of sp³-hybridized carbons (Fsp3) is 0.294. The molecule has 0 spiro atoms. The fourth-order valence-electron chi connectivity index (χ4n) is 2.98. The van der Waals surface area contributed by atoms with Crippen molar-refractivity contribution in [3.05, 3.63) is 57.3 Å². The molecule has 22 heavy (non-hydrogen) atoms. The van der Waals surface area contributed by atoms with E-state index in [2.05, 4.69) is 22.6 Å². The summed E-state index contributed by atoms with van der Waals surface area (Å²) in [7, 11) is -3.53. The summed E-state index contributed by atoms with van der Waals surface area (Å²) in [5.41, 5.74) is 2.77. The van der Waals surface area contributed by atoms with E-state index in [0.29, 0.717) is 6.42 Å². The third-order valence-corrected chi connectivity index (χ3v) is 7.89. The quantitative estimate of drug-likeness (QED) is 0.660. The largest absolute Gasteiger partial charge is 0.248 e. The van der Waals surface area contributed by atoms with Crippen LogP contribution in [0.5, 0.6) is 0 Å². The van der Waals surface area contributed by atoms with E-state index in [1.165, 1.54) is 3.97 Å². The number of hydrogen-bond donors (Lipinski definition) is 0. The average Bonchev–Trinajstić information content (AvgIpc) is 2.89. The number of allylic oxidation sites excluding steroid dienone is 3. The molecule has 0 saturated heterocycles. The summed E-state index contributed by atoms with van der Waals surface area (Å²) in [5.74, 6) is 0. The summed E-state index contributed by atoms with van der Waals surface area (Å²) in [6.45, 7) is 5.71. The zero-order valence-electron chi connectivity index (χ0n) is 12.8. The van der Waals surface area contributed by atoms with E-state index in [0.717, 1.165) is 25.6 Å². The van der Waals surface area contributed by atoms with E-state index in [9.17, 15) is 8.42 Å². The summed E-state index contributed by atoms with van der Waals surface area (Å²) >= 11 is 2.25. The first-order chi connectivity index (χ1) is 10.3. The van der Waals surface area contributed by atoms with Gasteiger partial charge in [0.2, 0.25) is 10.0 Å². The summed E-state index contributed by atoms with van der Waals surface area (Å²) < 4.78 is 28.2. The van der Waals surface area contributed by atoms with E-state index < -0.39 is 14.8 Å². The first kappa shape index (κ1) is 15.8. The standard InChI is InChI=1S/C17H18INO2S/c1-12-5-4-6-14-8-10-19(16(12)14)22(20,21)17(3)9-7-15(18)13(2)11-17/h4-8,10-11H,9H2,1-3H3. The summed E-state index contributed by atoms with van der Waals surface area (Å²) in [5, 5.41) is 0.953. The van der Waals surface area contributed by atoms with Crippen molar-refractivity contribution in [2.45, 2.75) is 31.9 Å². The molecule has 1 unspecified atom stereocenters. The highest BCUT2D eigenvalue weighted by Crippen LogP contribution is 2.37. The Balaban J connectivity index is 2.22. The molecule has 0 amide bonds. The van der Waals surface area contributed by atoms with Gasteiger partial charge < -0.3 is 0 Å². The molecule has 0 N–H and O–H groups in total. The maximum absolute atomic E-state index is 13.3. The summed E-state index contributed by atoms with van der Waals surface area (Å²) in [6, 6.07) is 7.71. The molecule has 3 nitrogen and oxygen atoms in total. The number of aromatic nitrogens is 1. The van der Waals surface area contributed by atoms with Crippen molar-refractivity contribution in [3.63, 3.8) is 0 Å². The molecule has 0 fully saturated rings. The van der Waals surface area contributed by atoms with Gasteiger partial charge in [0.25, 0.3) is 0 Å². The van der Waals surface area contributed by atoms with Crippen LogP contribution in [0.4, 0.5) is 0 Å². The topological polar surface area (TPSA) is 39.1 Å². The highest BCUT2D eigenvalue weighted by Gasteiger charge is 2.40. The number of rotatable bonds is 2. The molecule has 1 atom stereocenters. The predicted octanol–water partition coefficient (Wildman–Crippen LogP) is 4.56. The lowest BCUT2D eigenvalue weighted by Crippen LogP contribution is -2.38. The third kappa shape index (κ3) is 2.25. The molecular formula is C17H18INO2S. The molecule has 1 aliphatic rings. The highest BCUT2D eigenvalue weighted by atomic mass is 127. The minimum absolute atomic E-state index is 0.497. The normalized spacial score (nSPS) is 22.5. The summed E-state index contributed by atoms with van der Waals surface area (Å²) in [4.78, 5) is 0. The predicted molar refractivity (Wildman–Crippen MR) is 99.9 cm³/mol. The van der Waals surface area contributed by atoms with Gasteiger partial charge in [-0.05, 0) is 67.0 Å². The van der Waals surface area contributed by atoms with Gasteiger partial charge in [-0.2, -0.15) is 0 Å². The number of benzene rings is 1. The van der Waals surface area contributed by atoms with Gasteiger partial charge in [0.05, 0.1) is 5.52 Å². The maximum atomic E-state index is 13.3. The molecule has 116 valence electrons. The fourth-order valence-corrected chi connectivity index (χ4v) is 5.14. The SMILES string of the molecule is CC1=CC(C)(S(=O)(=O)n2ccc3cccc(C)c32)CC=C1I. The van der Waals surface area contributed by atoms with Crippen LogP contribution < -0.4 is 0 Å². The van der Waals surface area contributed by atoms with E-state index >= 15 is 0 Å². The van der Waals surface area contributed by atoms with E-state index in [4.69, 9.17) is 0 Å². The van der Waals surface area contributed by atoms with Crippen LogP contribution in [0.1, 0.15) is 25.8 Å². The van der Waals surface area contributed by atoms with Crippen molar-refractivity contribution in [1.82, 2.24) is 3.97 Å². The van der Waals surface area contributed by atoms with Gasteiger partial charge in [0.15, 0.2) is 0 Å². The van der Waals surface area contributed by atoms with Gasteiger partial charge in [0, 0.05) is 15.2 Å². The van der Waals surface area contributed by atoms with Crippen LogP contribution in [0.2, 0.25) is 0 Å². The van der Waals surface area contributed by atoms with Crippen LogP contribution in [0.15, 0.2) is 51.8 Å². The molecule has 0 bridgehead atoms. The van der Waals surface area contributed by atoms with Gasteiger partial charge in [-0.25, -0.2) is 12.4 Å². The second-order valence-corrected chi connectivity index (χ2v) is 9.46. The van der Waals surface area contributed by atoms with Crippen molar-refractivity contribution < 1.29 is 8.42 Å². The number of hydrogen-bond acceptors (Lipinski definition) is 2. The third-order valence-electron chi connectivity index (χ3n) is 4.31. The van der Waals surface area contributed by atoms with Gasteiger partial charge in [0.1, 0.15) is 4.75 Å². The van der Waals surface area contributed by atoms with Gasteiger partial charge in [-0.1, -0.05) is 30.4 Å². The Labute approximate surface area is 144 Å². The number of para-hydroxylation sites is 1. The van der Waals surface area contributed by atoms with Crippen LogP contribution in [0, 0.1) is 6.92 Å². The molecule has 1 heterocycles. The van der Waals surface area contributed by atoms with Crippen molar-refractivity contribution in [1.29, 1.82) is 0 Å². The lowest BCUT2D eigenvalue weighted by Gasteiger charge is -2.29. The Morgan fingerprint density at radius 1 is 1.23 bits per heavy atom. The monoisotopic (exact) mass is 427 g/mol. The van der Waals surface area contributed by atoms with E-state index in [1.807, 2.05) is 50.3 Å². The van der Waals surface area contributed by atoms with Crippen LogP contribution in [0.3, 0.4) is 0 Å². The zero-order valence-corrected chi connectivity index (χ0v) is 15.8. The van der Waals surface area contributed by atoms with Gasteiger partial charge in [-0.3, -0.25) is 0 Å². The Kier molecular flexibility index (Phi) is 3.76. The van der Waals surface area contributed by atoms with Crippen LogP contribution in [-0.4, -0.2) is 17.1 Å². The summed E-state index contributed by atoms with van der Waals surface area (Å²) in [6.07, 6.45) is 6.06. The Bertz CT molecular complexity index is 921.